The molecule has 0 spiro atoms. The molecule has 1 N–H and O–H groups in total. The number of pyridine rings is 1. The van der Waals surface area contributed by atoms with Gasteiger partial charge in [0.05, 0.1) is 17.8 Å². The number of carbonyl (C=O) groups excluding carboxylic acids is 4. The maximum atomic E-state index is 15.5. The number of hydrogen-bond donors (Lipinski definition) is 1. The van der Waals surface area contributed by atoms with Crippen LogP contribution >= 0.6 is 0 Å². The van der Waals surface area contributed by atoms with Gasteiger partial charge >= 0.3 is 6.18 Å². The average molecular weight is 584 g/mol. The largest absolute Gasteiger partial charge is 0.433 e. The van der Waals surface area contributed by atoms with E-state index in [1.165, 1.54) is 24.3 Å². The molecule has 6 rings (SSSR count). The van der Waals surface area contributed by atoms with Gasteiger partial charge < -0.3 is 9.42 Å². The maximum absolute atomic E-state index is 15.5. The third kappa shape index (κ3) is 4.69. The van der Waals surface area contributed by atoms with Gasteiger partial charge in [0, 0.05) is 24.1 Å². The highest BCUT2D eigenvalue weighted by molar-refractivity contribution is 6.21. The van der Waals surface area contributed by atoms with Crippen LogP contribution in [0.5, 0.6) is 0 Å². The van der Waals surface area contributed by atoms with Crippen molar-refractivity contribution in [3.05, 3.63) is 65.1 Å². The Morgan fingerprint density at radius 1 is 0.976 bits per heavy atom. The fourth-order valence-electron chi connectivity index (χ4n) is 5.30. The summed E-state index contributed by atoms with van der Waals surface area (Å²) in [6.07, 6.45) is -3.86. The first kappa shape index (κ1) is 27.2. The van der Waals surface area contributed by atoms with Gasteiger partial charge in [0.1, 0.15) is 23.3 Å². The van der Waals surface area contributed by atoms with E-state index in [2.05, 4.69) is 20.4 Å². The number of alkyl halides is 3. The van der Waals surface area contributed by atoms with Crippen LogP contribution in [0.25, 0.3) is 22.6 Å². The minimum atomic E-state index is -4.71. The van der Waals surface area contributed by atoms with E-state index in [1.54, 1.807) is 4.90 Å². The van der Waals surface area contributed by atoms with Crippen LogP contribution in [0.3, 0.4) is 0 Å². The topological polar surface area (TPSA) is 139 Å². The number of carbonyl (C=O) groups is 4. The van der Waals surface area contributed by atoms with Gasteiger partial charge in [-0.2, -0.15) is 18.2 Å². The average Bonchev–Trinajstić information content (AvgIpc) is 3.51. The lowest BCUT2D eigenvalue weighted by atomic mass is 10.0. The van der Waals surface area contributed by atoms with Crippen LogP contribution < -0.4 is 5.32 Å². The third-order valence-electron chi connectivity index (χ3n) is 7.23. The van der Waals surface area contributed by atoms with E-state index in [4.69, 9.17) is 4.52 Å². The summed E-state index contributed by atoms with van der Waals surface area (Å²) in [5.41, 5.74) is -1.40. The Labute approximate surface area is 234 Å². The van der Waals surface area contributed by atoms with Crippen LogP contribution in [0.2, 0.25) is 0 Å². The summed E-state index contributed by atoms with van der Waals surface area (Å²) in [6.45, 7) is 0.244. The van der Waals surface area contributed by atoms with Crippen molar-refractivity contribution in [1.29, 1.82) is 0 Å². The molecule has 1 aromatic carbocycles. The molecule has 3 aliphatic heterocycles. The molecular weight excluding hydrogens is 564 g/mol. The van der Waals surface area contributed by atoms with Gasteiger partial charge in [-0.25, -0.2) is 9.37 Å². The molecule has 5 heterocycles. The van der Waals surface area contributed by atoms with E-state index in [0.717, 1.165) is 17.0 Å². The van der Waals surface area contributed by atoms with E-state index in [0.29, 0.717) is 19.4 Å². The molecule has 1 atom stereocenters. The number of benzene rings is 1. The smallest absolute Gasteiger partial charge is 0.357 e. The summed E-state index contributed by atoms with van der Waals surface area (Å²) < 4.78 is 60.2. The zero-order valence-corrected chi connectivity index (χ0v) is 21.6. The number of amides is 4. The summed E-state index contributed by atoms with van der Waals surface area (Å²) in [4.78, 5) is 60.6. The van der Waals surface area contributed by atoms with Crippen LogP contribution in [-0.4, -0.2) is 61.1 Å². The molecule has 0 aliphatic carbocycles. The van der Waals surface area contributed by atoms with Gasteiger partial charge in [0.15, 0.2) is 0 Å². The molecule has 1 saturated heterocycles. The SMILES string of the molecule is O=C1CCC(N2C(=O)C3=C(C2=O)N(Cc2nc(-c4cccc(-c5cccc(C(F)(F)F)n5)c4F)no2)CCC3)C(=O)N1. The Bertz CT molecular complexity index is 1680. The van der Waals surface area contributed by atoms with Crippen LogP contribution in [-0.2, 0) is 31.9 Å². The highest BCUT2D eigenvalue weighted by atomic mass is 19.4. The number of piperidine rings is 1. The summed E-state index contributed by atoms with van der Waals surface area (Å²) in [5, 5.41) is 5.97. The Morgan fingerprint density at radius 3 is 2.50 bits per heavy atom. The molecule has 216 valence electrons. The molecule has 3 aromatic rings. The maximum Gasteiger partial charge on any atom is 0.433 e. The highest BCUT2D eigenvalue weighted by Crippen LogP contribution is 2.36. The van der Waals surface area contributed by atoms with Crippen molar-refractivity contribution in [2.75, 3.05) is 6.54 Å². The second-order valence-electron chi connectivity index (χ2n) is 9.88. The first-order valence-electron chi connectivity index (χ1n) is 12.9. The van der Waals surface area contributed by atoms with Crippen molar-refractivity contribution in [2.45, 2.75) is 44.4 Å². The van der Waals surface area contributed by atoms with E-state index in [1.807, 2.05) is 0 Å². The van der Waals surface area contributed by atoms with Gasteiger partial charge in [0.25, 0.3) is 11.8 Å². The van der Waals surface area contributed by atoms with E-state index < -0.39 is 47.4 Å². The third-order valence-corrected chi connectivity index (χ3v) is 7.23. The van der Waals surface area contributed by atoms with Gasteiger partial charge in [-0.1, -0.05) is 17.3 Å². The summed E-state index contributed by atoms with van der Waals surface area (Å²) >= 11 is 0. The quantitative estimate of drug-likeness (QED) is 0.354. The van der Waals surface area contributed by atoms with Crippen molar-refractivity contribution in [3.8, 4) is 22.6 Å². The molecule has 4 amide bonds. The monoisotopic (exact) mass is 584 g/mol. The van der Waals surface area contributed by atoms with Gasteiger partial charge in [-0.05, 0) is 43.5 Å². The van der Waals surface area contributed by atoms with Crippen LogP contribution in [0, 0.1) is 5.82 Å². The lowest BCUT2D eigenvalue weighted by molar-refractivity contribution is -0.150. The standard InChI is InChI=1S/C27H20F4N6O5/c28-21-13(16-7-2-8-18(32-16)27(29,30)31)4-1-5-14(21)23-34-20(42-35-23)12-36-11-3-6-15-22(36)26(41)37(25(15)40)17-9-10-19(38)33-24(17)39/h1-2,4-5,7-8,17H,3,6,9-12H2,(H,33,38,39). The normalized spacial score (nSPS) is 19.5. The van der Waals surface area contributed by atoms with Crippen LogP contribution in [0.15, 0.2) is 52.2 Å². The molecule has 3 aliphatic rings. The second-order valence-corrected chi connectivity index (χ2v) is 9.88. The fourth-order valence-corrected chi connectivity index (χ4v) is 5.30. The molecular formula is C27H20F4N6O5. The number of aromatic nitrogens is 3. The second kappa shape index (κ2) is 10.2. The lowest BCUT2D eigenvalue weighted by Gasteiger charge is -2.29. The first-order valence-corrected chi connectivity index (χ1v) is 12.9. The molecule has 11 nitrogen and oxygen atoms in total. The van der Waals surface area contributed by atoms with E-state index in [9.17, 15) is 32.3 Å². The molecule has 1 fully saturated rings. The summed E-state index contributed by atoms with van der Waals surface area (Å²) in [5.74, 6) is -3.56. The highest BCUT2D eigenvalue weighted by Gasteiger charge is 2.48. The minimum absolute atomic E-state index is 0.00576. The van der Waals surface area contributed by atoms with Crippen molar-refractivity contribution in [1.82, 2.24) is 30.2 Å². The minimum Gasteiger partial charge on any atom is -0.357 e. The number of rotatable bonds is 5. The Balaban J connectivity index is 1.24. The van der Waals surface area contributed by atoms with E-state index >= 15 is 4.39 Å². The molecule has 15 heteroatoms. The molecule has 0 bridgehead atoms. The Morgan fingerprint density at radius 2 is 1.74 bits per heavy atom. The number of imide groups is 2. The Hall–Kier alpha value is -4.95. The van der Waals surface area contributed by atoms with Crippen molar-refractivity contribution in [3.63, 3.8) is 0 Å². The number of nitrogens with zero attached hydrogens (tertiary/aromatic N) is 5. The lowest BCUT2D eigenvalue weighted by Crippen LogP contribution is -2.55. The Kier molecular flexibility index (Phi) is 6.58. The number of halogens is 4. The van der Waals surface area contributed by atoms with Crippen LogP contribution in [0.1, 0.15) is 37.3 Å². The van der Waals surface area contributed by atoms with Gasteiger partial charge in [0.2, 0.25) is 23.5 Å². The van der Waals surface area contributed by atoms with E-state index in [-0.39, 0.29) is 59.2 Å². The predicted molar refractivity (Wildman–Crippen MR) is 133 cm³/mol. The zero-order chi connectivity index (χ0) is 29.8. The summed E-state index contributed by atoms with van der Waals surface area (Å²) in [7, 11) is 0. The summed E-state index contributed by atoms with van der Waals surface area (Å²) in [6, 6.07) is 6.08. The van der Waals surface area contributed by atoms with Gasteiger partial charge in [-0.3, -0.25) is 29.4 Å². The molecule has 0 saturated carbocycles. The van der Waals surface area contributed by atoms with Crippen molar-refractivity contribution in [2.24, 2.45) is 0 Å². The predicted octanol–water partition coefficient (Wildman–Crippen LogP) is 2.98. The van der Waals surface area contributed by atoms with Crippen LogP contribution in [0.4, 0.5) is 17.6 Å². The molecule has 1 unspecified atom stereocenters. The zero-order valence-electron chi connectivity index (χ0n) is 21.6. The molecule has 2 aromatic heterocycles. The number of hydrogen-bond acceptors (Lipinski definition) is 9. The van der Waals surface area contributed by atoms with Gasteiger partial charge in [-0.15, -0.1) is 0 Å². The molecule has 0 radical (unpaired) electrons. The molecule has 42 heavy (non-hydrogen) atoms. The number of nitrogens with one attached hydrogen (secondary N) is 1. The van der Waals surface area contributed by atoms with Crippen molar-refractivity contribution < 1.29 is 41.3 Å². The fraction of sp³-hybridized carbons (Fsp3) is 0.296. The van der Waals surface area contributed by atoms with Crippen molar-refractivity contribution >= 4 is 23.6 Å². The first-order chi connectivity index (χ1) is 20.0.